The molecule has 5 nitrogen and oxygen atoms in total. The first-order chi connectivity index (χ1) is 8.52. The average Bonchev–Trinajstić information content (AvgIpc) is 2.87. The van der Waals surface area contributed by atoms with E-state index in [4.69, 9.17) is 9.63 Å². The molecule has 0 amide bonds. The van der Waals surface area contributed by atoms with Gasteiger partial charge in [0, 0.05) is 12.0 Å². The normalized spacial score (nSPS) is 10.8. The molecule has 1 N–H and O–H groups in total. The second-order valence-electron chi connectivity index (χ2n) is 4.02. The minimum Gasteiger partial charge on any atom is -0.477 e. The number of aromatic nitrogens is 2. The van der Waals surface area contributed by atoms with Gasteiger partial charge in [-0.2, -0.15) is 0 Å². The third-order valence-electron chi connectivity index (χ3n) is 2.78. The molecule has 6 heteroatoms. The molecule has 0 atom stereocenters. The maximum atomic E-state index is 11.1. The Morgan fingerprint density at radius 1 is 1.44 bits per heavy atom. The molecule has 0 saturated carbocycles. The van der Waals surface area contributed by atoms with Crippen LogP contribution in [0.4, 0.5) is 0 Å². The summed E-state index contributed by atoms with van der Waals surface area (Å²) in [5.41, 5.74) is 2.47. The zero-order valence-electron chi connectivity index (χ0n) is 10.5. The molecule has 0 spiro atoms. The summed E-state index contributed by atoms with van der Waals surface area (Å²) in [6.45, 7) is 5.63. The molecule has 2 heterocycles. The van der Waals surface area contributed by atoms with E-state index in [9.17, 15) is 4.79 Å². The summed E-state index contributed by atoms with van der Waals surface area (Å²) >= 11 is 1.23. The number of thiazole rings is 1. The molecule has 18 heavy (non-hydrogen) atoms. The lowest BCUT2D eigenvalue weighted by Gasteiger charge is -1.94. The second-order valence-corrected chi connectivity index (χ2v) is 5.11. The lowest BCUT2D eigenvalue weighted by molar-refractivity contribution is 0.0701. The standard InChI is InChI=1S/C12H14N2O3S/c1-4-9-11(12(15)16)18-10(13-9)5-8-6(2)14-17-7(8)3/h4-5H2,1-3H3,(H,15,16). The van der Waals surface area contributed by atoms with Crippen molar-refractivity contribution in [2.24, 2.45) is 0 Å². The predicted molar refractivity (Wildman–Crippen MR) is 67.2 cm³/mol. The highest BCUT2D eigenvalue weighted by Crippen LogP contribution is 2.24. The minimum atomic E-state index is -0.908. The van der Waals surface area contributed by atoms with E-state index in [1.54, 1.807) is 0 Å². The van der Waals surface area contributed by atoms with Gasteiger partial charge in [-0.05, 0) is 20.3 Å². The highest BCUT2D eigenvalue weighted by atomic mass is 32.1. The van der Waals surface area contributed by atoms with Crippen molar-refractivity contribution in [3.8, 4) is 0 Å². The van der Waals surface area contributed by atoms with Crippen molar-refractivity contribution < 1.29 is 14.4 Å². The van der Waals surface area contributed by atoms with Gasteiger partial charge in [-0.1, -0.05) is 12.1 Å². The number of nitrogens with zero attached hydrogens (tertiary/aromatic N) is 2. The highest BCUT2D eigenvalue weighted by molar-refractivity contribution is 7.13. The maximum Gasteiger partial charge on any atom is 0.347 e. The molecular weight excluding hydrogens is 252 g/mol. The van der Waals surface area contributed by atoms with Crippen LogP contribution < -0.4 is 0 Å². The molecule has 0 saturated heterocycles. The summed E-state index contributed by atoms with van der Waals surface area (Å²) in [6.07, 6.45) is 1.20. The van der Waals surface area contributed by atoms with E-state index in [2.05, 4.69) is 10.1 Å². The van der Waals surface area contributed by atoms with Crippen LogP contribution in [0.5, 0.6) is 0 Å². The molecule has 0 fully saturated rings. The lowest BCUT2D eigenvalue weighted by Crippen LogP contribution is -1.97. The summed E-state index contributed by atoms with van der Waals surface area (Å²) < 4.78 is 5.09. The van der Waals surface area contributed by atoms with E-state index >= 15 is 0 Å². The molecule has 0 radical (unpaired) electrons. The molecule has 2 rings (SSSR count). The Balaban J connectivity index is 2.33. The van der Waals surface area contributed by atoms with Crippen LogP contribution in [0.1, 0.15) is 44.3 Å². The van der Waals surface area contributed by atoms with E-state index < -0.39 is 5.97 Å². The number of carboxylic acids is 1. The van der Waals surface area contributed by atoms with Crippen LogP contribution in [0.25, 0.3) is 0 Å². The Kier molecular flexibility index (Phi) is 3.47. The smallest absolute Gasteiger partial charge is 0.347 e. The van der Waals surface area contributed by atoms with E-state index in [0.29, 0.717) is 23.4 Å². The van der Waals surface area contributed by atoms with Crippen molar-refractivity contribution in [3.05, 3.63) is 32.6 Å². The zero-order valence-corrected chi connectivity index (χ0v) is 11.3. The van der Waals surface area contributed by atoms with E-state index in [1.165, 1.54) is 11.3 Å². The molecule has 0 aliphatic rings. The fourth-order valence-electron chi connectivity index (χ4n) is 1.79. The first kappa shape index (κ1) is 12.8. The monoisotopic (exact) mass is 266 g/mol. The molecule has 2 aromatic rings. The van der Waals surface area contributed by atoms with Crippen LogP contribution >= 0.6 is 11.3 Å². The zero-order chi connectivity index (χ0) is 13.3. The van der Waals surface area contributed by atoms with Gasteiger partial charge >= 0.3 is 5.97 Å². The van der Waals surface area contributed by atoms with Gasteiger partial charge in [0.05, 0.1) is 16.4 Å². The van der Waals surface area contributed by atoms with Crippen molar-refractivity contribution in [3.63, 3.8) is 0 Å². The molecule has 0 unspecified atom stereocenters. The third kappa shape index (κ3) is 2.28. The van der Waals surface area contributed by atoms with Crippen molar-refractivity contribution in [1.29, 1.82) is 0 Å². The topological polar surface area (TPSA) is 76.2 Å². The number of carbonyl (C=O) groups is 1. The summed E-state index contributed by atoms with van der Waals surface area (Å²) in [5, 5.41) is 13.8. The van der Waals surface area contributed by atoms with Gasteiger partial charge in [-0.15, -0.1) is 11.3 Å². The summed E-state index contributed by atoms with van der Waals surface area (Å²) in [5.74, 6) is -0.146. The molecule has 2 aromatic heterocycles. The molecule has 0 bridgehead atoms. The molecule has 96 valence electrons. The van der Waals surface area contributed by atoms with Crippen LogP contribution in [-0.2, 0) is 12.8 Å². The van der Waals surface area contributed by atoms with Gasteiger partial charge in [0.2, 0.25) is 0 Å². The minimum absolute atomic E-state index is 0.333. The van der Waals surface area contributed by atoms with Gasteiger partial charge in [0.15, 0.2) is 0 Å². The maximum absolute atomic E-state index is 11.1. The number of aryl methyl sites for hydroxylation is 3. The van der Waals surface area contributed by atoms with Crippen LogP contribution in [0.2, 0.25) is 0 Å². The quantitative estimate of drug-likeness (QED) is 0.920. The van der Waals surface area contributed by atoms with Crippen LogP contribution in [0.3, 0.4) is 0 Å². The Labute approximate surface area is 108 Å². The van der Waals surface area contributed by atoms with Gasteiger partial charge < -0.3 is 9.63 Å². The Morgan fingerprint density at radius 2 is 2.17 bits per heavy atom. The van der Waals surface area contributed by atoms with Gasteiger partial charge in [-0.25, -0.2) is 9.78 Å². The van der Waals surface area contributed by atoms with Crippen molar-refractivity contribution in [2.75, 3.05) is 0 Å². The van der Waals surface area contributed by atoms with Gasteiger partial charge in [0.1, 0.15) is 10.6 Å². The average molecular weight is 266 g/mol. The van der Waals surface area contributed by atoms with E-state index in [0.717, 1.165) is 22.0 Å². The summed E-state index contributed by atoms with van der Waals surface area (Å²) in [4.78, 5) is 15.8. The number of hydrogen-bond donors (Lipinski definition) is 1. The van der Waals surface area contributed by atoms with Gasteiger partial charge in [-0.3, -0.25) is 0 Å². The van der Waals surface area contributed by atoms with Crippen molar-refractivity contribution >= 4 is 17.3 Å². The van der Waals surface area contributed by atoms with Crippen LogP contribution in [-0.4, -0.2) is 21.2 Å². The van der Waals surface area contributed by atoms with Crippen LogP contribution in [0, 0.1) is 13.8 Å². The first-order valence-electron chi connectivity index (χ1n) is 5.66. The Hall–Kier alpha value is -1.69. The number of rotatable bonds is 4. The summed E-state index contributed by atoms with van der Waals surface area (Å²) in [6, 6.07) is 0. The second kappa shape index (κ2) is 4.89. The summed E-state index contributed by atoms with van der Waals surface area (Å²) in [7, 11) is 0. The number of aromatic carboxylic acids is 1. The number of hydrogen-bond acceptors (Lipinski definition) is 5. The highest BCUT2D eigenvalue weighted by Gasteiger charge is 2.18. The SMILES string of the molecule is CCc1nc(Cc2c(C)noc2C)sc1C(=O)O. The molecule has 0 aromatic carbocycles. The number of carboxylic acid groups (broad SMARTS) is 1. The lowest BCUT2D eigenvalue weighted by atomic mass is 10.1. The van der Waals surface area contributed by atoms with Crippen LogP contribution in [0.15, 0.2) is 4.52 Å². The van der Waals surface area contributed by atoms with Crippen molar-refractivity contribution in [2.45, 2.75) is 33.6 Å². The van der Waals surface area contributed by atoms with E-state index in [1.807, 2.05) is 20.8 Å². The van der Waals surface area contributed by atoms with Crippen molar-refractivity contribution in [1.82, 2.24) is 10.1 Å². The largest absolute Gasteiger partial charge is 0.477 e. The fourth-order valence-corrected chi connectivity index (χ4v) is 2.79. The van der Waals surface area contributed by atoms with Gasteiger partial charge in [0.25, 0.3) is 0 Å². The van der Waals surface area contributed by atoms with E-state index in [-0.39, 0.29) is 0 Å². The molecular formula is C12H14N2O3S. The molecule has 0 aliphatic heterocycles. The first-order valence-corrected chi connectivity index (χ1v) is 6.48. The third-order valence-corrected chi connectivity index (χ3v) is 3.87. The Morgan fingerprint density at radius 3 is 2.61 bits per heavy atom. The molecule has 0 aliphatic carbocycles. The fraction of sp³-hybridized carbons (Fsp3) is 0.417. The Bertz CT molecular complexity index is 567. The predicted octanol–water partition coefficient (Wildman–Crippen LogP) is 2.60.